The number of ether oxygens (including phenoxy) is 3. The third-order valence-electron chi connectivity index (χ3n) is 2.19. The molecule has 7 nitrogen and oxygen atoms in total. The van der Waals surface area contributed by atoms with Crippen LogP contribution in [0.2, 0.25) is 0 Å². The second-order valence-corrected chi connectivity index (χ2v) is 3.38. The van der Waals surface area contributed by atoms with Crippen LogP contribution in [0.3, 0.4) is 0 Å². The summed E-state index contributed by atoms with van der Waals surface area (Å²) in [7, 11) is 2.63. The van der Waals surface area contributed by atoms with Crippen molar-refractivity contribution in [3.8, 4) is 11.5 Å². The molecule has 0 aromatic heterocycles. The van der Waals surface area contributed by atoms with Gasteiger partial charge in [-0.25, -0.2) is 4.79 Å². The van der Waals surface area contributed by atoms with Crippen molar-refractivity contribution in [2.75, 3.05) is 14.2 Å². The highest BCUT2D eigenvalue weighted by Crippen LogP contribution is 2.31. The van der Waals surface area contributed by atoms with Crippen LogP contribution in [0.15, 0.2) is 18.2 Å². The normalized spacial score (nSPS) is 11.5. The van der Waals surface area contributed by atoms with Gasteiger partial charge in [0, 0.05) is 6.07 Å². The Morgan fingerprint density at radius 2 is 2.00 bits per heavy atom. The molecule has 0 fully saturated rings. The maximum atomic E-state index is 11.2. The quantitative estimate of drug-likeness (QED) is 0.450. The summed E-state index contributed by atoms with van der Waals surface area (Å²) in [4.78, 5) is 21.3. The summed E-state index contributed by atoms with van der Waals surface area (Å²) < 4.78 is 14.8. The molecule has 0 unspecified atom stereocenters. The van der Waals surface area contributed by atoms with Crippen LogP contribution < -0.4 is 9.47 Å². The van der Waals surface area contributed by atoms with E-state index in [-0.39, 0.29) is 11.4 Å². The van der Waals surface area contributed by atoms with Gasteiger partial charge in [-0.3, -0.25) is 10.1 Å². The molecule has 0 aliphatic heterocycles. The number of hydrogen-bond donors (Lipinski definition) is 0. The van der Waals surface area contributed by atoms with Crippen LogP contribution in [0.25, 0.3) is 0 Å². The second kappa shape index (κ2) is 5.85. The molecule has 7 heteroatoms. The zero-order valence-electron chi connectivity index (χ0n) is 10.2. The lowest BCUT2D eigenvalue weighted by atomic mass is 10.2. The van der Waals surface area contributed by atoms with E-state index in [2.05, 4.69) is 4.74 Å². The van der Waals surface area contributed by atoms with Crippen LogP contribution >= 0.6 is 0 Å². The predicted octanol–water partition coefficient (Wildman–Crippen LogP) is 1.54. The van der Waals surface area contributed by atoms with Crippen LogP contribution in [0.5, 0.6) is 11.5 Å². The van der Waals surface area contributed by atoms with Gasteiger partial charge in [-0.15, -0.1) is 0 Å². The first-order valence-corrected chi connectivity index (χ1v) is 5.06. The van der Waals surface area contributed by atoms with Gasteiger partial charge in [-0.1, -0.05) is 0 Å². The van der Waals surface area contributed by atoms with Gasteiger partial charge in [0.05, 0.1) is 25.2 Å². The number of non-ortho nitro benzene ring substituents is 1. The number of rotatable bonds is 5. The van der Waals surface area contributed by atoms with Crippen molar-refractivity contribution < 1.29 is 23.9 Å². The van der Waals surface area contributed by atoms with Crippen LogP contribution in [-0.4, -0.2) is 31.2 Å². The zero-order valence-corrected chi connectivity index (χ0v) is 10.2. The molecule has 0 spiro atoms. The van der Waals surface area contributed by atoms with E-state index in [0.717, 1.165) is 0 Å². The first kappa shape index (κ1) is 13.8. The largest absolute Gasteiger partial charge is 0.493 e. The zero-order chi connectivity index (χ0) is 13.7. The van der Waals surface area contributed by atoms with Crippen molar-refractivity contribution >= 4 is 11.7 Å². The SMILES string of the molecule is COC(=O)[C@@H](C)Oc1cc([N+](=O)[O-])ccc1OC. The molecule has 98 valence electrons. The molecule has 0 saturated heterocycles. The van der Waals surface area contributed by atoms with E-state index in [9.17, 15) is 14.9 Å². The fraction of sp³-hybridized carbons (Fsp3) is 0.364. The average Bonchev–Trinajstić information content (AvgIpc) is 2.37. The lowest BCUT2D eigenvalue weighted by Crippen LogP contribution is -2.25. The molecule has 0 aliphatic carbocycles. The molecule has 0 amide bonds. The first-order chi connectivity index (χ1) is 8.49. The highest BCUT2D eigenvalue weighted by Gasteiger charge is 2.19. The summed E-state index contributed by atoms with van der Waals surface area (Å²) in [5.41, 5.74) is -0.150. The molecule has 1 aromatic rings. The minimum absolute atomic E-state index is 0.115. The number of nitrogens with zero attached hydrogens (tertiary/aromatic N) is 1. The van der Waals surface area contributed by atoms with Crippen molar-refractivity contribution in [1.82, 2.24) is 0 Å². The monoisotopic (exact) mass is 255 g/mol. The van der Waals surface area contributed by atoms with Crippen molar-refractivity contribution in [1.29, 1.82) is 0 Å². The van der Waals surface area contributed by atoms with E-state index in [1.54, 1.807) is 0 Å². The highest BCUT2D eigenvalue weighted by atomic mass is 16.6. The Hall–Kier alpha value is -2.31. The molecule has 0 saturated carbocycles. The van der Waals surface area contributed by atoms with Crippen molar-refractivity contribution in [3.05, 3.63) is 28.3 Å². The minimum Gasteiger partial charge on any atom is -0.493 e. The van der Waals surface area contributed by atoms with Crippen LogP contribution in [0.1, 0.15) is 6.92 Å². The Balaban J connectivity index is 3.01. The topological polar surface area (TPSA) is 87.9 Å². The van der Waals surface area contributed by atoms with Gasteiger partial charge in [-0.2, -0.15) is 0 Å². The number of nitro groups is 1. The minimum atomic E-state index is -0.883. The van der Waals surface area contributed by atoms with Gasteiger partial charge in [0.25, 0.3) is 5.69 Å². The maximum Gasteiger partial charge on any atom is 0.346 e. The number of esters is 1. The standard InChI is InChI=1S/C11H13NO6/c1-7(11(13)17-3)18-10-6-8(12(14)15)4-5-9(10)16-2/h4-7H,1-3H3/t7-/m1/s1. The molecule has 0 aliphatic rings. The summed E-state index contributed by atoms with van der Waals surface area (Å²) in [5, 5.41) is 10.6. The van der Waals surface area contributed by atoms with E-state index < -0.39 is 17.0 Å². The molecule has 1 rings (SSSR count). The Morgan fingerprint density at radius 1 is 1.33 bits per heavy atom. The molecular weight excluding hydrogens is 242 g/mol. The number of benzene rings is 1. The molecule has 0 N–H and O–H groups in total. The van der Waals surface area contributed by atoms with E-state index in [1.165, 1.54) is 39.3 Å². The predicted molar refractivity (Wildman–Crippen MR) is 61.8 cm³/mol. The molecule has 18 heavy (non-hydrogen) atoms. The van der Waals surface area contributed by atoms with Crippen molar-refractivity contribution in [3.63, 3.8) is 0 Å². The lowest BCUT2D eigenvalue weighted by Gasteiger charge is -2.14. The summed E-state index contributed by atoms with van der Waals surface area (Å²) in [6, 6.07) is 3.88. The molecule has 1 aromatic carbocycles. The van der Waals surface area contributed by atoms with Gasteiger partial charge < -0.3 is 14.2 Å². The summed E-state index contributed by atoms with van der Waals surface area (Å²) in [6.45, 7) is 1.48. The Morgan fingerprint density at radius 3 is 2.50 bits per heavy atom. The van der Waals surface area contributed by atoms with Crippen LogP contribution in [-0.2, 0) is 9.53 Å². The van der Waals surface area contributed by atoms with Gasteiger partial charge in [-0.05, 0) is 13.0 Å². The third kappa shape index (κ3) is 3.09. The van der Waals surface area contributed by atoms with E-state index >= 15 is 0 Å². The van der Waals surface area contributed by atoms with Crippen molar-refractivity contribution in [2.45, 2.75) is 13.0 Å². The first-order valence-electron chi connectivity index (χ1n) is 5.06. The summed E-state index contributed by atoms with van der Waals surface area (Å²) in [5.74, 6) is -0.162. The highest BCUT2D eigenvalue weighted by molar-refractivity contribution is 5.74. The number of carbonyl (C=O) groups is 1. The Bertz CT molecular complexity index is 459. The Kier molecular flexibility index (Phi) is 4.47. The molecule has 0 bridgehead atoms. The third-order valence-corrected chi connectivity index (χ3v) is 2.19. The smallest absolute Gasteiger partial charge is 0.346 e. The summed E-state index contributed by atoms with van der Waals surface area (Å²) in [6.07, 6.45) is -0.883. The van der Waals surface area contributed by atoms with E-state index in [1.807, 2.05) is 0 Å². The van der Waals surface area contributed by atoms with Gasteiger partial charge in [0.1, 0.15) is 0 Å². The van der Waals surface area contributed by atoms with Crippen LogP contribution in [0.4, 0.5) is 5.69 Å². The molecule has 0 heterocycles. The summed E-state index contributed by atoms with van der Waals surface area (Å²) >= 11 is 0. The van der Waals surface area contributed by atoms with Crippen molar-refractivity contribution in [2.24, 2.45) is 0 Å². The Labute approximate surface area is 103 Å². The van der Waals surface area contributed by atoms with E-state index in [4.69, 9.17) is 9.47 Å². The van der Waals surface area contributed by atoms with Gasteiger partial charge >= 0.3 is 5.97 Å². The van der Waals surface area contributed by atoms with Gasteiger partial charge in [0.15, 0.2) is 17.6 Å². The maximum absolute atomic E-state index is 11.2. The lowest BCUT2D eigenvalue weighted by molar-refractivity contribution is -0.385. The number of methoxy groups -OCH3 is 2. The number of nitro benzene ring substituents is 1. The molecular formula is C11H13NO6. The fourth-order valence-corrected chi connectivity index (χ4v) is 1.28. The molecule has 0 radical (unpaired) electrons. The number of carbonyl (C=O) groups excluding carboxylic acids is 1. The number of hydrogen-bond acceptors (Lipinski definition) is 6. The average molecular weight is 255 g/mol. The fourth-order valence-electron chi connectivity index (χ4n) is 1.28. The molecule has 1 atom stereocenters. The second-order valence-electron chi connectivity index (χ2n) is 3.38. The van der Waals surface area contributed by atoms with Gasteiger partial charge in [0.2, 0.25) is 0 Å². The van der Waals surface area contributed by atoms with Crippen LogP contribution in [0, 0.1) is 10.1 Å². The van der Waals surface area contributed by atoms with E-state index in [0.29, 0.717) is 5.75 Å².